The molecule has 0 aliphatic carbocycles. The van der Waals surface area contributed by atoms with E-state index in [9.17, 15) is 14.7 Å². The number of nitrogens with zero attached hydrogens (tertiary/aromatic N) is 4. The molecule has 1 aromatic carbocycles. The molecule has 1 amide bonds. The van der Waals surface area contributed by atoms with Gasteiger partial charge in [-0.1, -0.05) is 0 Å². The SMILES string of the molecule is COCCNc1nc(C)c2ccc(=O)n(-c3ccc(C(=O)NCCN4CCOC(O)C4)cc3)c2n1. The van der Waals surface area contributed by atoms with Crippen LogP contribution in [0.1, 0.15) is 16.1 Å². The first kappa shape index (κ1) is 24.7. The molecular formula is C24H30N6O5. The van der Waals surface area contributed by atoms with Gasteiger partial charge in [0.05, 0.1) is 24.6 Å². The van der Waals surface area contributed by atoms with Gasteiger partial charge in [0.2, 0.25) is 5.95 Å². The molecule has 3 aromatic rings. The number of aromatic nitrogens is 3. The van der Waals surface area contributed by atoms with Gasteiger partial charge in [-0.15, -0.1) is 0 Å². The number of hydrogen-bond acceptors (Lipinski definition) is 9. The first-order chi connectivity index (χ1) is 17.0. The highest BCUT2D eigenvalue weighted by molar-refractivity contribution is 5.94. The second-order valence-electron chi connectivity index (χ2n) is 8.23. The van der Waals surface area contributed by atoms with Crippen molar-refractivity contribution in [3.63, 3.8) is 0 Å². The van der Waals surface area contributed by atoms with Crippen LogP contribution in [0.25, 0.3) is 16.7 Å². The number of aryl methyl sites for hydroxylation is 1. The Morgan fingerprint density at radius 1 is 1.20 bits per heavy atom. The fourth-order valence-corrected chi connectivity index (χ4v) is 3.94. The van der Waals surface area contributed by atoms with Crippen LogP contribution in [0.15, 0.2) is 41.2 Å². The number of carbonyl (C=O) groups excluding carboxylic acids is 1. The maximum Gasteiger partial charge on any atom is 0.256 e. The average Bonchev–Trinajstić information content (AvgIpc) is 2.84. The normalized spacial score (nSPS) is 16.4. The quantitative estimate of drug-likeness (QED) is 0.374. The van der Waals surface area contributed by atoms with Crippen molar-refractivity contribution in [2.75, 3.05) is 58.4 Å². The van der Waals surface area contributed by atoms with Gasteiger partial charge >= 0.3 is 0 Å². The fourth-order valence-electron chi connectivity index (χ4n) is 3.94. The number of benzene rings is 1. The van der Waals surface area contributed by atoms with Crippen molar-refractivity contribution in [2.45, 2.75) is 13.2 Å². The summed E-state index contributed by atoms with van der Waals surface area (Å²) in [6.45, 7) is 5.59. The Balaban J connectivity index is 1.50. The van der Waals surface area contributed by atoms with Crippen LogP contribution in [0.4, 0.5) is 5.95 Å². The van der Waals surface area contributed by atoms with Gasteiger partial charge in [-0.3, -0.25) is 19.1 Å². The van der Waals surface area contributed by atoms with E-state index in [0.717, 1.165) is 11.1 Å². The molecular weight excluding hydrogens is 452 g/mol. The molecule has 1 unspecified atom stereocenters. The van der Waals surface area contributed by atoms with Crippen LogP contribution in [0.5, 0.6) is 0 Å². The number of ether oxygens (including phenoxy) is 2. The monoisotopic (exact) mass is 482 g/mol. The molecule has 2 aromatic heterocycles. The zero-order valence-corrected chi connectivity index (χ0v) is 19.9. The lowest BCUT2D eigenvalue weighted by Gasteiger charge is -2.29. The zero-order chi connectivity index (χ0) is 24.8. The summed E-state index contributed by atoms with van der Waals surface area (Å²) >= 11 is 0. The molecule has 0 spiro atoms. The molecule has 3 N–H and O–H groups in total. The molecule has 35 heavy (non-hydrogen) atoms. The van der Waals surface area contributed by atoms with Crippen molar-refractivity contribution in [3.8, 4) is 5.69 Å². The number of carbonyl (C=O) groups is 1. The molecule has 4 rings (SSSR count). The van der Waals surface area contributed by atoms with Crippen LogP contribution < -0.4 is 16.2 Å². The Bertz CT molecular complexity index is 1230. The largest absolute Gasteiger partial charge is 0.383 e. The Labute approximate surface area is 202 Å². The Morgan fingerprint density at radius 2 is 2.00 bits per heavy atom. The molecule has 1 saturated heterocycles. The lowest BCUT2D eigenvalue weighted by atomic mass is 10.1. The number of aliphatic hydroxyl groups is 1. The second kappa shape index (κ2) is 11.4. The number of pyridine rings is 1. The topological polar surface area (TPSA) is 131 Å². The van der Waals surface area contributed by atoms with E-state index in [0.29, 0.717) is 68.8 Å². The molecule has 1 aliphatic heterocycles. The highest BCUT2D eigenvalue weighted by atomic mass is 16.6. The fraction of sp³-hybridized carbons (Fsp3) is 0.417. The first-order valence-electron chi connectivity index (χ1n) is 11.5. The zero-order valence-electron chi connectivity index (χ0n) is 19.9. The van der Waals surface area contributed by atoms with E-state index < -0.39 is 6.29 Å². The van der Waals surface area contributed by atoms with Crippen LogP contribution in [-0.2, 0) is 9.47 Å². The van der Waals surface area contributed by atoms with Crippen LogP contribution in [0.3, 0.4) is 0 Å². The van der Waals surface area contributed by atoms with E-state index in [1.165, 1.54) is 10.6 Å². The van der Waals surface area contributed by atoms with Crippen LogP contribution in [0.2, 0.25) is 0 Å². The van der Waals surface area contributed by atoms with Crippen LogP contribution in [0, 0.1) is 6.92 Å². The lowest BCUT2D eigenvalue weighted by Crippen LogP contribution is -2.45. The predicted octanol–water partition coefficient (Wildman–Crippen LogP) is 0.528. The summed E-state index contributed by atoms with van der Waals surface area (Å²) in [5.74, 6) is 0.202. The summed E-state index contributed by atoms with van der Waals surface area (Å²) in [6, 6.07) is 10.0. The summed E-state index contributed by atoms with van der Waals surface area (Å²) < 4.78 is 11.7. The van der Waals surface area contributed by atoms with Gasteiger partial charge in [-0.05, 0) is 37.3 Å². The van der Waals surface area contributed by atoms with Crippen molar-refractivity contribution in [1.82, 2.24) is 24.8 Å². The number of hydrogen-bond donors (Lipinski definition) is 3. The maximum absolute atomic E-state index is 12.8. The molecule has 0 radical (unpaired) electrons. The third-order valence-corrected chi connectivity index (χ3v) is 5.76. The third-order valence-electron chi connectivity index (χ3n) is 5.76. The number of rotatable bonds is 9. The molecule has 0 saturated carbocycles. The minimum atomic E-state index is -0.782. The molecule has 1 fully saturated rings. The van der Waals surface area contributed by atoms with Crippen molar-refractivity contribution in [1.29, 1.82) is 0 Å². The lowest BCUT2D eigenvalue weighted by molar-refractivity contribution is -0.145. The molecule has 0 bridgehead atoms. The van der Waals surface area contributed by atoms with Gasteiger partial charge in [-0.25, -0.2) is 4.98 Å². The van der Waals surface area contributed by atoms with E-state index in [-0.39, 0.29) is 11.5 Å². The Kier molecular flexibility index (Phi) is 8.03. The number of aliphatic hydroxyl groups excluding tert-OH is 1. The highest BCUT2D eigenvalue weighted by Crippen LogP contribution is 2.19. The summed E-state index contributed by atoms with van der Waals surface area (Å²) in [5.41, 5.74) is 2.07. The van der Waals surface area contributed by atoms with Crippen molar-refractivity contribution in [3.05, 3.63) is 58.0 Å². The first-order valence-corrected chi connectivity index (χ1v) is 11.5. The van der Waals surface area contributed by atoms with Gasteiger partial charge in [0.25, 0.3) is 11.5 Å². The number of anilines is 1. The summed E-state index contributed by atoms with van der Waals surface area (Å²) in [4.78, 5) is 36.5. The Hall–Kier alpha value is -3.38. The third kappa shape index (κ3) is 6.01. The van der Waals surface area contributed by atoms with Crippen LogP contribution in [-0.4, -0.2) is 89.8 Å². The Morgan fingerprint density at radius 3 is 2.74 bits per heavy atom. The molecule has 186 valence electrons. The van der Waals surface area contributed by atoms with Crippen molar-refractivity contribution < 1.29 is 19.4 Å². The number of amides is 1. The summed E-state index contributed by atoms with van der Waals surface area (Å²) in [6.07, 6.45) is -0.782. The molecule has 11 heteroatoms. The number of fused-ring (bicyclic) bond motifs is 1. The van der Waals surface area contributed by atoms with Crippen molar-refractivity contribution in [2.24, 2.45) is 0 Å². The maximum atomic E-state index is 12.8. The predicted molar refractivity (Wildman–Crippen MR) is 131 cm³/mol. The van der Waals surface area contributed by atoms with E-state index >= 15 is 0 Å². The van der Waals surface area contributed by atoms with Gasteiger partial charge in [0.15, 0.2) is 11.9 Å². The molecule has 1 atom stereocenters. The number of methoxy groups -OCH3 is 1. The van der Waals surface area contributed by atoms with Gasteiger partial charge < -0.3 is 25.2 Å². The van der Waals surface area contributed by atoms with E-state index in [4.69, 9.17) is 9.47 Å². The molecule has 1 aliphatic rings. The van der Waals surface area contributed by atoms with Gasteiger partial charge in [-0.2, -0.15) is 4.98 Å². The van der Waals surface area contributed by atoms with E-state index in [2.05, 4.69) is 20.6 Å². The number of morpholine rings is 1. The average molecular weight is 483 g/mol. The smallest absolute Gasteiger partial charge is 0.256 e. The minimum Gasteiger partial charge on any atom is -0.383 e. The van der Waals surface area contributed by atoms with E-state index in [1.807, 2.05) is 11.8 Å². The summed E-state index contributed by atoms with van der Waals surface area (Å²) in [7, 11) is 1.62. The number of β-amino-alcohol motifs (C(OH)–C–C–N with tert-alkyl or cyclic N) is 1. The molecule has 11 nitrogen and oxygen atoms in total. The van der Waals surface area contributed by atoms with E-state index in [1.54, 1.807) is 37.4 Å². The summed E-state index contributed by atoms with van der Waals surface area (Å²) in [5, 5.41) is 16.3. The second-order valence-corrected chi connectivity index (χ2v) is 8.23. The standard InChI is InChI=1S/C24H30N6O5/c1-16-19-7-8-20(31)30(22(19)28-24(27-16)26-10-13-34-2)18-5-3-17(4-6-18)23(33)25-9-11-29-12-14-35-21(32)15-29/h3-8,21,32H,9-15H2,1-2H3,(H,25,33)(H,26,27,28). The van der Waals surface area contributed by atoms with Gasteiger partial charge in [0.1, 0.15) is 0 Å². The highest BCUT2D eigenvalue weighted by Gasteiger charge is 2.18. The number of nitrogens with one attached hydrogen (secondary N) is 2. The van der Waals surface area contributed by atoms with Gasteiger partial charge in [0, 0.05) is 56.8 Å². The van der Waals surface area contributed by atoms with Crippen LogP contribution >= 0.6 is 0 Å². The molecule has 3 heterocycles. The minimum absolute atomic E-state index is 0.210. The van der Waals surface area contributed by atoms with Crippen molar-refractivity contribution >= 4 is 22.9 Å².